The van der Waals surface area contributed by atoms with Crippen LogP contribution < -0.4 is 31.8 Å². The Balaban J connectivity index is 0.000000171. The fourth-order valence-corrected chi connectivity index (χ4v) is 10.5. The summed E-state index contributed by atoms with van der Waals surface area (Å²) in [5, 5.41) is 8.61. The van der Waals surface area contributed by atoms with Crippen LogP contribution >= 0.6 is 25.5 Å². The number of aromatic nitrogens is 1. The first-order valence-corrected chi connectivity index (χ1v) is 21.4. The third-order valence-corrected chi connectivity index (χ3v) is 13.0. The molecule has 0 spiro atoms. The molecule has 1 heterocycles. The summed E-state index contributed by atoms with van der Waals surface area (Å²) in [4.78, 5) is 4.12. The largest absolute Gasteiger partial charge is 0.102 e. The van der Waals surface area contributed by atoms with Gasteiger partial charge in [-0.05, 0) is 84.9 Å². The number of rotatable bonds is 7. The maximum Gasteiger partial charge on any atom is 0.102 e. The molecule has 0 saturated carbocycles. The first-order chi connectivity index (χ1) is 24.2. The second-order valence-electron chi connectivity index (χ2n) is 11.1. The molecule has 5 heteroatoms. The van der Waals surface area contributed by atoms with Crippen molar-refractivity contribution in [1.82, 2.24) is 4.98 Å². The predicted molar refractivity (Wildman–Crippen MR) is 217 cm³/mol. The van der Waals surface area contributed by atoms with Gasteiger partial charge in [-0.2, -0.15) is 0 Å². The summed E-state index contributed by atoms with van der Waals surface area (Å²) in [5.41, 5.74) is 1.05. The standard InChI is InChI=1S/2C18H15P.C8H10N.ClH.Ru/c2*1-4-10-16(11-5-1)19(17-12-6-2-7-13-17)18-14-8-3-9-15-18;1-7(2)8-5-3-4-6-9-8;;/h2*1-15H;3-7H,1H2,2H3;1H;/q;;-1;;+2/p+1/t;;7-;;/m..0../s1. The minimum Gasteiger partial charge on any atom is -0.0620 e. The van der Waals surface area contributed by atoms with Gasteiger partial charge >= 0.3 is 27.0 Å². The van der Waals surface area contributed by atoms with Crippen molar-refractivity contribution in [3.63, 3.8) is 0 Å². The molecule has 0 radical (unpaired) electrons. The molecule has 6 aromatic carbocycles. The van der Waals surface area contributed by atoms with E-state index in [0.29, 0.717) is 5.92 Å². The number of pyridine rings is 1. The summed E-state index contributed by atoms with van der Waals surface area (Å²) in [7, 11) is 2.81. The Morgan fingerprint density at radius 3 is 0.796 bits per heavy atom. The zero-order valence-corrected chi connectivity index (χ0v) is 32.1. The van der Waals surface area contributed by atoms with E-state index in [4.69, 9.17) is 0 Å². The van der Waals surface area contributed by atoms with E-state index in [2.05, 4.69) is 204 Å². The van der Waals surface area contributed by atoms with Crippen LogP contribution in [-0.2, 0) is 17.3 Å². The Labute approximate surface area is 309 Å². The molecule has 0 amide bonds. The Kier molecular flexibility index (Phi) is 17.1. The molecular formula is C44H42ClNP2Ru+2. The van der Waals surface area contributed by atoms with Crippen molar-refractivity contribution in [3.8, 4) is 0 Å². The molecule has 0 fully saturated rings. The number of nitrogens with zero attached hydrogens (tertiary/aromatic N) is 1. The average molecular weight is 783 g/mol. The van der Waals surface area contributed by atoms with Crippen molar-refractivity contribution in [2.24, 2.45) is 0 Å². The van der Waals surface area contributed by atoms with E-state index in [1.54, 1.807) is 6.20 Å². The monoisotopic (exact) mass is 783 g/mol. The van der Waals surface area contributed by atoms with Crippen molar-refractivity contribution >= 4 is 57.4 Å². The van der Waals surface area contributed by atoms with E-state index in [-0.39, 0.29) is 0 Å². The fraction of sp³-hybridized carbons (Fsp3) is 0.0455. The maximum absolute atomic E-state index is 4.57. The summed E-state index contributed by atoms with van der Waals surface area (Å²) in [6, 6.07) is 70.9. The van der Waals surface area contributed by atoms with Crippen molar-refractivity contribution in [2.45, 2.75) is 12.8 Å². The van der Waals surface area contributed by atoms with Crippen LogP contribution in [0.4, 0.5) is 0 Å². The molecule has 0 N–H and O–H groups in total. The van der Waals surface area contributed by atoms with Gasteiger partial charge in [0.2, 0.25) is 0 Å². The molecule has 7 rings (SSSR count). The second-order valence-corrected chi connectivity index (χ2v) is 16.1. The first-order valence-electron chi connectivity index (χ1n) is 16.1. The van der Waals surface area contributed by atoms with Crippen molar-refractivity contribution < 1.29 is 17.3 Å². The Bertz CT molecular complexity index is 1520. The summed E-state index contributed by atoms with van der Waals surface area (Å²) >= 11 is 1.82. The van der Waals surface area contributed by atoms with Gasteiger partial charge in [-0.1, -0.05) is 122 Å². The van der Waals surface area contributed by atoms with Crippen LogP contribution in [0.3, 0.4) is 0 Å². The first kappa shape index (κ1) is 38.1. The normalized spacial score (nSPS) is 10.7. The van der Waals surface area contributed by atoms with E-state index < -0.39 is 15.8 Å². The molecule has 0 unspecified atom stereocenters. The molecule has 49 heavy (non-hydrogen) atoms. The van der Waals surface area contributed by atoms with E-state index >= 15 is 0 Å². The molecule has 0 aliphatic rings. The quantitative estimate of drug-likeness (QED) is 0.0894. The summed E-state index contributed by atoms with van der Waals surface area (Å²) in [6.07, 6.45) is 1.79. The molecule has 0 bridgehead atoms. The SMILES string of the molecule is [CH2-][C@@H](C)c1ccccn1.[Cl][Ru+].c1ccc([PH+](c2ccccc2)c2ccccc2)cc1.c1ccc([PH+](c2ccccc2)c2ccccc2)cc1. The van der Waals surface area contributed by atoms with Crippen LogP contribution in [0.15, 0.2) is 206 Å². The van der Waals surface area contributed by atoms with Gasteiger partial charge in [-0.3, -0.25) is 4.98 Å². The van der Waals surface area contributed by atoms with E-state index in [9.17, 15) is 0 Å². The van der Waals surface area contributed by atoms with E-state index in [0.717, 1.165) is 5.69 Å². The summed E-state index contributed by atoms with van der Waals surface area (Å²) in [5.74, 6) is 0.297. The van der Waals surface area contributed by atoms with Gasteiger partial charge in [0.25, 0.3) is 0 Å². The topological polar surface area (TPSA) is 12.9 Å². The van der Waals surface area contributed by atoms with Crippen molar-refractivity contribution in [1.29, 1.82) is 0 Å². The van der Waals surface area contributed by atoms with Crippen LogP contribution in [0.5, 0.6) is 0 Å². The minimum atomic E-state index is -0.877. The second kappa shape index (κ2) is 22.1. The summed E-state index contributed by atoms with van der Waals surface area (Å²) < 4.78 is 0. The Hall–Kier alpha value is -3.76. The Morgan fingerprint density at radius 1 is 0.408 bits per heavy atom. The van der Waals surface area contributed by atoms with Crippen LogP contribution in [0.2, 0.25) is 0 Å². The van der Waals surface area contributed by atoms with Gasteiger partial charge in [0.15, 0.2) is 0 Å². The third kappa shape index (κ3) is 12.3. The molecule has 246 valence electrons. The van der Waals surface area contributed by atoms with Crippen molar-refractivity contribution in [2.75, 3.05) is 0 Å². The molecule has 0 aliphatic heterocycles. The third-order valence-electron chi connectivity index (χ3n) is 7.57. The number of benzene rings is 6. The number of hydrogen-bond donors (Lipinski definition) is 0. The van der Waals surface area contributed by atoms with Gasteiger partial charge in [0.1, 0.15) is 31.8 Å². The molecule has 7 aromatic rings. The Morgan fingerprint density at radius 2 is 0.633 bits per heavy atom. The van der Waals surface area contributed by atoms with Gasteiger partial charge in [-0.25, -0.2) is 0 Å². The van der Waals surface area contributed by atoms with Crippen LogP contribution in [0.1, 0.15) is 18.5 Å². The van der Waals surface area contributed by atoms with E-state index in [1.165, 1.54) is 31.8 Å². The zero-order valence-electron chi connectivity index (χ0n) is 27.6. The van der Waals surface area contributed by atoms with Crippen LogP contribution in [0, 0.1) is 6.92 Å². The van der Waals surface area contributed by atoms with Crippen LogP contribution in [-0.4, -0.2) is 4.98 Å². The molecular weight excluding hydrogens is 741 g/mol. The zero-order chi connectivity index (χ0) is 34.5. The number of hydrogen-bond acceptors (Lipinski definition) is 1. The van der Waals surface area contributed by atoms with E-state index in [1.807, 2.05) is 42.4 Å². The molecule has 1 atom stereocenters. The van der Waals surface area contributed by atoms with Gasteiger partial charge in [0.05, 0.1) is 15.8 Å². The predicted octanol–water partition coefficient (Wildman–Crippen LogP) is 9.06. The van der Waals surface area contributed by atoms with Crippen LogP contribution in [0.25, 0.3) is 0 Å². The molecule has 1 nitrogen and oxygen atoms in total. The maximum atomic E-state index is 4.57. The number of halogens is 1. The average Bonchev–Trinajstić information content (AvgIpc) is 3.19. The smallest absolute Gasteiger partial charge is 0.0620 e. The van der Waals surface area contributed by atoms with Gasteiger partial charge < -0.3 is 6.92 Å². The molecule has 1 aromatic heterocycles. The van der Waals surface area contributed by atoms with Crippen molar-refractivity contribution in [3.05, 3.63) is 219 Å². The molecule has 0 aliphatic carbocycles. The molecule has 0 saturated heterocycles. The summed E-state index contributed by atoms with van der Waals surface area (Å²) in [6.45, 7) is 5.88. The van der Waals surface area contributed by atoms with Gasteiger partial charge in [0, 0.05) is 11.9 Å². The van der Waals surface area contributed by atoms with Gasteiger partial charge in [-0.15, -0.1) is 5.92 Å². The fourth-order valence-electron chi connectivity index (χ4n) is 5.30. The minimum absolute atomic E-state index is 0.297.